The Labute approximate surface area is 326 Å². The maximum atomic E-state index is 12.2. The summed E-state index contributed by atoms with van der Waals surface area (Å²) in [5.41, 5.74) is -0.179. The standard InChI is InChI=1S/C48H92O4/c1-4-6-8-10-12-14-16-18-20-22-24-26-28-30-32-34-36-38-40-42-44-51-47(49)46(3)48(50)52-45-43-41-39-37-35-33-31-29-27-25-23-21-19-17-15-13-11-9-7-5-2/h3-45H2,1-2H3. The van der Waals surface area contributed by atoms with Gasteiger partial charge in [0.15, 0.2) is 0 Å². The van der Waals surface area contributed by atoms with Crippen molar-refractivity contribution < 1.29 is 19.1 Å². The van der Waals surface area contributed by atoms with Gasteiger partial charge < -0.3 is 9.47 Å². The van der Waals surface area contributed by atoms with Crippen LogP contribution in [0.1, 0.15) is 271 Å². The molecule has 0 fully saturated rings. The molecule has 4 nitrogen and oxygen atoms in total. The van der Waals surface area contributed by atoms with Gasteiger partial charge in [-0.25, -0.2) is 9.59 Å². The van der Waals surface area contributed by atoms with Gasteiger partial charge in [-0.2, -0.15) is 0 Å². The van der Waals surface area contributed by atoms with Crippen LogP contribution in [0.5, 0.6) is 0 Å². The summed E-state index contributed by atoms with van der Waals surface area (Å²) in [6.45, 7) is 8.89. The van der Waals surface area contributed by atoms with E-state index >= 15 is 0 Å². The van der Waals surface area contributed by atoms with E-state index in [0.717, 1.165) is 25.7 Å². The van der Waals surface area contributed by atoms with Crippen LogP contribution < -0.4 is 0 Å². The van der Waals surface area contributed by atoms with Crippen molar-refractivity contribution in [3.05, 3.63) is 12.2 Å². The Balaban J connectivity index is 3.35. The molecule has 0 bridgehead atoms. The molecule has 0 aromatic rings. The summed E-state index contributed by atoms with van der Waals surface area (Å²) in [4.78, 5) is 24.4. The van der Waals surface area contributed by atoms with Crippen LogP contribution in [0.3, 0.4) is 0 Å². The third kappa shape index (κ3) is 39.9. The second kappa shape index (κ2) is 44.1. The molecule has 52 heavy (non-hydrogen) atoms. The molecule has 0 saturated heterocycles. The lowest BCUT2D eigenvalue weighted by Crippen LogP contribution is -2.18. The molecule has 0 aromatic carbocycles. The SMILES string of the molecule is C=C(C(=O)OCCCCCCCCCCCCCCCCCCCCCC)C(=O)OCCCCCCCCCCCCCCCCCCCCCC. The zero-order valence-corrected chi connectivity index (χ0v) is 35.5. The minimum Gasteiger partial charge on any atom is -0.462 e. The summed E-state index contributed by atoms with van der Waals surface area (Å²) < 4.78 is 10.5. The molecule has 308 valence electrons. The highest BCUT2D eigenvalue weighted by molar-refractivity contribution is 6.13. The molecule has 0 N–H and O–H groups in total. The quantitative estimate of drug-likeness (QED) is 0.0206. The van der Waals surface area contributed by atoms with Gasteiger partial charge in [0.1, 0.15) is 5.57 Å². The van der Waals surface area contributed by atoms with Gasteiger partial charge in [0.25, 0.3) is 0 Å². The summed E-state index contributed by atoms with van der Waals surface area (Å²) >= 11 is 0. The van der Waals surface area contributed by atoms with Crippen molar-refractivity contribution in [3.8, 4) is 0 Å². The Hall–Kier alpha value is -1.32. The first-order valence-corrected chi connectivity index (χ1v) is 23.7. The molecule has 0 atom stereocenters. The van der Waals surface area contributed by atoms with E-state index in [-0.39, 0.29) is 5.57 Å². The molecule has 0 aliphatic heterocycles. The van der Waals surface area contributed by atoms with E-state index in [1.165, 1.54) is 231 Å². The summed E-state index contributed by atoms with van der Waals surface area (Å²) in [6.07, 6.45) is 53.6. The molecule has 0 radical (unpaired) electrons. The number of rotatable bonds is 44. The van der Waals surface area contributed by atoms with Crippen LogP contribution in [0.4, 0.5) is 0 Å². The molecule has 0 amide bonds. The topological polar surface area (TPSA) is 52.6 Å². The second-order valence-corrected chi connectivity index (χ2v) is 16.2. The van der Waals surface area contributed by atoms with Gasteiger partial charge in [-0.3, -0.25) is 0 Å². The molecule has 4 heteroatoms. The second-order valence-electron chi connectivity index (χ2n) is 16.2. The lowest BCUT2D eigenvalue weighted by atomic mass is 10.0. The van der Waals surface area contributed by atoms with Crippen LogP contribution in [0, 0.1) is 0 Å². The Morgan fingerprint density at radius 2 is 0.442 bits per heavy atom. The highest BCUT2D eigenvalue weighted by Gasteiger charge is 2.18. The lowest BCUT2D eigenvalue weighted by molar-refractivity contribution is -0.147. The number of hydrogen-bond donors (Lipinski definition) is 0. The maximum Gasteiger partial charge on any atom is 0.344 e. The fourth-order valence-corrected chi connectivity index (χ4v) is 7.30. The Kier molecular flexibility index (Phi) is 43.0. The summed E-state index contributed by atoms with van der Waals surface area (Å²) in [6, 6.07) is 0. The third-order valence-corrected chi connectivity index (χ3v) is 11.0. The molecule has 0 rings (SSSR count). The minimum absolute atomic E-state index is 0.179. The smallest absolute Gasteiger partial charge is 0.344 e. The number of carbonyl (C=O) groups is 2. The predicted molar refractivity (Wildman–Crippen MR) is 227 cm³/mol. The van der Waals surface area contributed by atoms with Gasteiger partial charge in [-0.1, -0.05) is 264 Å². The van der Waals surface area contributed by atoms with Crippen LogP contribution in [0.25, 0.3) is 0 Å². The molecule has 0 aromatic heterocycles. The van der Waals surface area contributed by atoms with E-state index in [1.54, 1.807) is 0 Å². The zero-order chi connectivity index (χ0) is 37.8. The summed E-state index contributed by atoms with van der Waals surface area (Å²) in [5, 5.41) is 0. The first-order chi connectivity index (χ1) is 25.6. The predicted octanol–water partition coefficient (Wildman–Crippen LogP) is 16.3. The van der Waals surface area contributed by atoms with Crippen LogP contribution in [-0.2, 0) is 19.1 Å². The Bertz CT molecular complexity index is 687. The number of carbonyl (C=O) groups excluding carboxylic acids is 2. The van der Waals surface area contributed by atoms with Crippen molar-refractivity contribution in [2.75, 3.05) is 13.2 Å². The number of unbranched alkanes of at least 4 members (excludes halogenated alkanes) is 38. The van der Waals surface area contributed by atoms with Crippen LogP contribution in [-0.4, -0.2) is 25.2 Å². The molecule has 0 unspecified atom stereocenters. The minimum atomic E-state index is -0.633. The van der Waals surface area contributed by atoms with Gasteiger partial charge >= 0.3 is 11.9 Å². The fraction of sp³-hybridized carbons (Fsp3) is 0.917. The van der Waals surface area contributed by atoms with Crippen LogP contribution in [0.15, 0.2) is 12.2 Å². The fourth-order valence-electron chi connectivity index (χ4n) is 7.30. The molecular weight excluding hydrogens is 641 g/mol. The van der Waals surface area contributed by atoms with E-state index in [4.69, 9.17) is 9.47 Å². The van der Waals surface area contributed by atoms with Gasteiger partial charge in [0.2, 0.25) is 0 Å². The number of ether oxygens (including phenoxy) is 2. The van der Waals surface area contributed by atoms with Gasteiger partial charge in [-0.05, 0) is 12.8 Å². The average Bonchev–Trinajstić information content (AvgIpc) is 3.15. The lowest BCUT2D eigenvalue weighted by Gasteiger charge is -2.08. The van der Waals surface area contributed by atoms with Crippen molar-refractivity contribution in [1.29, 1.82) is 0 Å². The van der Waals surface area contributed by atoms with E-state index in [9.17, 15) is 9.59 Å². The molecule has 0 saturated carbocycles. The van der Waals surface area contributed by atoms with Gasteiger partial charge in [0.05, 0.1) is 13.2 Å². The molecule has 0 heterocycles. The largest absolute Gasteiger partial charge is 0.462 e. The molecule has 0 aliphatic rings. The monoisotopic (exact) mass is 733 g/mol. The van der Waals surface area contributed by atoms with Crippen molar-refractivity contribution in [2.45, 2.75) is 271 Å². The molecule has 0 spiro atoms. The first-order valence-electron chi connectivity index (χ1n) is 23.7. The van der Waals surface area contributed by atoms with E-state index in [1.807, 2.05) is 0 Å². The van der Waals surface area contributed by atoms with E-state index < -0.39 is 11.9 Å². The Morgan fingerprint density at radius 3 is 0.615 bits per heavy atom. The van der Waals surface area contributed by atoms with Gasteiger partial charge in [-0.15, -0.1) is 0 Å². The highest BCUT2D eigenvalue weighted by Crippen LogP contribution is 2.17. The van der Waals surface area contributed by atoms with E-state index in [2.05, 4.69) is 20.4 Å². The van der Waals surface area contributed by atoms with E-state index in [0.29, 0.717) is 13.2 Å². The third-order valence-electron chi connectivity index (χ3n) is 11.0. The zero-order valence-electron chi connectivity index (χ0n) is 35.5. The van der Waals surface area contributed by atoms with Crippen molar-refractivity contribution in [3.63, 3.8) is 0 Å². The summed E-state index contributed by atoms with van der Waals surface area (Å²) in [5.74, 6) is -1.27. The normalized spacial score (nSPS) is 11.3. The Morgan fingerprint density at radius 1 is 0.288 bits per heavy atom. The van der Waals surface area contributed by atoms with Crippen molar-refractivity contribution in [1.82, 2.24) is 0 Å². The molecule has 0 aliphatic carbocycles. The average molecular weight is 733 g/mol. The number of hydrogen-bond acceptors (Lipinski definition) is 4. The number of esters is 2. The van der Waals surface area contributed by atoms with Crippen LogP contribution >= 0.6 is 0 Å². The van der Waals surface area contributed by atoms with Crippen molar-refractivity contribution >= 4 is 11.9 Å². The summed E-state index contributed by atoms with van der Waals surface area (Å²) in [7, 11) is 0. The maximum absolute atomic E-state index is 12.2. The van der Waals surface area contributed by atoms with Gasteiger partial charge in [0, 0.05) is 0 Å². The molecular formula is C48H92O4. The van der Waals surface area contributed by atoms with Crippen molar-refractivity contribution in [2.24, 2.45) is 0 Å². The van der Waals surface area contributed by atoms with Crippen LogP contribution in [0.2, 0.25) is 0 Å². The highest BCUT2D eigenvalue weighted by atomic mass is 16.6. The first kappa shape index (κ1) is 50.7.